The topological polar surface area (TPSA) is 111 Å². The van der Waals surface area contributed by atoms with Gasteiger partial charge in [0, 0.05) is 12.8 Å². The summed E-state index contributed by atoms with van der Waals surface area (Å²) < 4.78 is 30.7. The number of esters is 1. The van der Waals surface area contributed by atoms with E-state index in [1.807, 2.05) is 33.3 Å². The van der Waals surface area contributed by atoms with Crippen LogP contribution in [-0.2, 0) is 27.9 Å². The Balaban J connectivity index is 4.92. The van der Waals surface area contributed by atoms with Gasteiger partial charge in [-0.05, 0) is 57.4 Å². The molecular formula is C67H132N2O7P+. The number of phosphoric ester groups is 1. The quantitative estimate of drug-likeness (QED) is 0.0205. The van der Waals surface area contributed by atoms with E-state index in [1.54, 1.807) is 0 Å². The third-order valence-electron chi connectivity index (χ3n) is 15.4. The highest BCUT2D eigenvalue weighted by Crippen LogP contribution is 2.43. The third kappa shape index (κ3) is 58.9. The minimum Gasteiger partial charge on any atom is -0.456 e. The summed E-state index contributed by atoms with van der Waals surface area (Å²) in [5.74, 6) is -0.486. The van der Waals surface area contributed by atoms with Crippen LogP contribution in [0, 0.1) is 0 Å². The Hall–Kier alpha value is -1.51. The molecule has 0 saturated heterocycles. The second-order valence-electron chi connectivity index (χ2n) is 24.4. The summed E-state index contributed by atoms with van der Waals surface area (Å²) in [6, 6.07) is -0.841. The highest BCUT2D eigenvalue weighted by Gasteiger charge is 2.30. The van der Waals surface area contributed by atoms with Crippen molar-refractivity contribution in [1.29, 1.82) is 0 Å². The van der Waals surface area contributed by atoms with Crippen LogP contribution in [0.4, 0.5) is 0 Å². The van der Waals surface area contributed by atoms with Gasteiger partial charge in [0.25, 0.3) is 0 Å². The van der Waals surface area contributed by atoms with E-state index in [0.717, 1.165) is 57.8 Å². The Morgan fingerprint density at radius 3 is 1.10 bits per heavy atom. The zero-order chi connectivity index (χ0) is 56.4. The fraction of sp³-hybridized carbons (Fsp3) is 0.910. The van der Waals surface area contributed by atoms with Gasteiger partial charge in [-0.25, -0.2) is 4.57 Å². The molecule has 0 saturated carbocycles. The smallest absolute Gasteiger partial charge is 0.456 e. The zero-order valence-corrected chi connectivity index (χ0v) is 53.1. The molecule has 0 fully saturated rings. The number of hydrogen-bond acceptors (Lipinski definition) is 6. The van der Waals surface area contributed by atoms with Crippen molar-refractivity contribution in [1.82, 2.24) is 5.32 Å². The average molecular weight is 1110 g/mol. The minimum absolute atomic E-state index is 0.0445. The van der Waals surface area contributed by atoms with Crippen molar-refractivity contribution in [2.75, 3.05) is 40.9 Å². The summed E-state index contributed by atoms with van der Waals surface area (Å²) in [4.78, 5) is 37.7. The summed E-state index contributed by atoms with van der Waals surface area (Å²) in [6.45, 7) is 7.05. The molecule has 10 heteroatoms. The number of nitrogens with one attached hydrogen (secondary N) is 1. The standard InChI is InChI=1S/C67H131N2O7P/c1-7-10-13-16-19-22-25-27-28-29-30-31-32-33-34-35-36-37-38-39-40-42-45-48-51-54-57-60-67(71)76-65(58-55-52-49-46-43-24-21-18-15-12-9-3)64(63-75-77(72,73)74-62-61-69(4,5)6)68-66(70)59-56-53-50-47-44-41-26-23-20-17-14-11-8-2/h27-28,55,58,64-65H,7-26,29-54,56-57,59-63H2,1-6H3,(H-,68,70,72,73)/p+1/b28-27+,58-55-. The molecule has 0 aromatic heterocycles. The molecule has 77 heavy (non-hydrogen) atoms. The number of quaternary nitrogens is 1. The number of ether oxygens (including phenoxy) is 1. The van der Waals surface area contributed by atoms with E-state index in [-0.39, 0.29) is 25.1 Å². The molecule has 2 N–H and O–H groups in total. The van der Waals surface area contributed by atoms with Crippen LogP contribution in [0.15, 0.2) is 24.3 Å². The van der Waals surface area contributed by atoms with Gasteiger partial charge in [0.1, 0.15) is 19.3 Å². The van der Waals surface area contributed by atoms with Crippen LogP contribution >= 0.6 is 7.82 Å². The van der Waals surface area contributed by atoms with Crippen LogP contribution < -0.4 is 5.32 Å². The van der Waals surface area contributed by atoms with Gasteiger partial charge in [-0.15, -0.1) is 0 Å². The molecule has 0 aromatic rings. The maximum absolute atomic E-state index is 13.5. The number of likely N-dealkylation sites (N-methyl/N-ethyl adjacent to an activating group) is 1. The zero-order valence-electron chi connectivity index (χ0n) is 52.2. The molecule has 0 aliphatic rings. The molecule has 0 heterocycles. The van der Waals surface area contributed by atoms with Gasteiger partial charge in [0.2, 0.25) is 5.91 Å². The SMILES string of the molecule is CCCCCCCC/C=C/CCCCCCCCCCCCCCCCCCCC(=O)OC(/C=C\CCCCCCCCCCC)C(COP(=O)(O)OCC[N+](C)(C)C)NC(=O)CCCCCCCCCCCCCCC. The minimum atomic E-state index is -4.44. The Morgan fingerprint density at radius 2 is 0.753 bits per heavy atom. The number of allylic oxidation sites excluding steroid dienone is 3. The van der Waals surface area contributed by atoms with Gasteiger partial charge < -0.3 is 19.4 Å². The van der Waals surface area contributed by atoms with E-state index >= 15 is 0 Å². The van der Waals surface area contributed by atoms with Crippen molar-refractivity contribution in [2.24, 2.45) is 0 Å². The van der Waals surface area contributed by atoms with Gasteiger partial charge in [-0.3, -0.25) is 18.6 Å². The van der Waals surface area contributed by atoms with Crippen molar-refractivity contribution < 1.29 is 37.3 Å². The second-order valence-corrected chi connectivity index (χ2v) is 25.8. The van der Waals surface area contributed by atoms with E-state index in [2.05, 4.69) is 38.2 Å². The average Bonchev–Trinajstić information content (AvgIpc) is 3.39. The lowest BCUT2D eigenvalue weighted by Crippen LogP contribution is -2.47. The van der Waals surface area contributed by atoms with Crippen LogP contribution in [-0.4, -0.2) is 74.3 Å². The molecule has 456 valence electrons. The monoisotopic (exact) mass is 1110 g/mol. The van der Waals surface area contributed by atoms with Crippen molar-refractivity contribution in [2.45, 2.75) is 354 Å². The summed E-state index contributed by atoms with van der Waals surface area (Å²) >= 11 is 0. The fourth-order valence-electron chi connectivity index (χ4n) is 10.2. The highest BCUT2D eigenvalue weighted by atomic mass is 31.2. The maximum atomic E-state index is 13.5. The van der Waals surface area contributed by atoms with Gasteiger partial charge in [0.15, 0.2) is 0 Å². The first-order valence-electron chi connectivity index (χ1n) is 33.7. The molecular weight excluding hydrogens is 976 g/mol. The Morgan fingerprint density at radius 1 is 0.442 bits per heavy atom. The van der Waals surface area contributed by atoms with Crippen LogP contribution in [0.25, 0.3) is 0 Å². The molecule has 9 nitrogen and oxygen atoms in total. The number of carbonyl (C=O) groups is 2. The Labute approximate surface area is 479 Å². The normalized spacial score (nSPS) is 13.7. The highest BCUT2D eigenvalue weighted by molar-refractivity contribution is 7.47. The van der Waals surface area contributed by atoms with Gasteiger partial charge in [-0.2, -0.15) is 0 Å². The second kappa shape index (κ2) is 57.7. The molecule has 3 unspecified atom stereocenters. The number of carbonyl (C=O) groups excluding carboxylic acids is 2. The summed E-state index contributed by atoms with van der Waals surface area (Å²) in [7, 11) is 1.52. The lowest BCUT2D eigenvalue weighted by Gasteiger charge is -2.27. The van der Waals surface area contributed by atoms with Crippen molar-refractivity contribution in [3.8, 4) is 0 Å². The fourth-order valence-corrected chi connectivity index (χ4v) is 10.9. The van der Waals surface area contributed by atoms with E-state index in [0.29, 0.717) is 23.9 Å². The molecule has 0 aliphatic heterocycles. The van der Waals surface area contributed by atoms with E-state index in [4.69, 9.17) is 13.8 Å². The largest absolute Gasteiger partial charge is 0.472 e. The first-order valence-corrected chi connectivity index (χ1v) is 35.2. The molecule has 0 radical (unpaired) electrons. The molecule has 3 atom stereocenters. The summed E-state index contributed by atoms with van der Waals surface area (Å²) in [6.07, 6.45) is 69.1. The number of nitrogens with zero attached hydrogens (tertiary/aromatic N) is 1. The number of amides is 1. The lowest BCUT2D eigenvalue weighted by molar-refractivity contribution is -0.870. The van der Waals surface area contributed by atoms with Crippen LogP contribution in [0.2, 0.25) is 0 Å². The van der Waals surface area contributed by atoms with E-state index in [1.165, 1.54) is 250 Å². The molecule has 0 aliphatic carbocycles. The summed E-state index contributed by atoms with van der Waals surface area (Å²) in [5, 5.41) is 3.06. The predicted octanol–water partition coefficient (Wildman–Crippen LogP) is 20.9. The van der Waals surface area contributed by atoms with Crippen LogP contribution in [0.5, 0.6) is 0 Å². The summed E-state index contributed by atoms with van der Waals surface area (Å²) in [5.41, 5.74) is 0. The van der Waals surface area contributed by atoms with Crippen molar-refractivity contribution >= 4 is 19.7 Å². The lowest BCUT2D eigenvalue weighted by atomic mass is 10.0. The molecule has 0 rings (SSSR count). The molecule has 0 spiro atoms. The predicted molar refractivity (Wildman–Crippen MR) is 333 cm³/mol. The van der Waals surface area contributed by atoms with Crippen molar-refractivity contribution in [3.05, 3.63) is 24.3 Å². The van der Waals surface area contributed by atoms with E-state index in [9.17, 15) is 19.0 Å². The van der Waals surface area contributed by atoms with Gasteiger partial charge in [-0.1, -0.05) is 296 Å². The van der Waals surface area contributed by atoms with Gasteiger partial charge in [0.05, 0.1) is 33.8 Å². The first kappa shape index (κ1) is 75.5. The van der Waals surface area contributed by atoms with Crippen LogP contribution in [0.1, 0.15) is 342 Å². The van der Waals surface area contributed by atoms with E-state index < -0.39 is 20.0 Å². The number of hydrogen-bond donors (Lipinski definition) is 2. The first-order chi connectivity index (χ1) is 37.4. The number of unbranched alkanes of at least 4 members (excludes halogenated alkanes) is 44. The molecule has 0 aromatic carbocycles. The van der Waals surface area contributed by atoms with Crippen LogP contribution in [0.3, 0.4) is 0 Å². The number of rotatable bonds is 62. The number of phosphoric acid groups is 1. The molecule has 1 amide bonds. The Kier molecular flexibility index (Phi) is 56.6. The van der Waals surface area contributed by atoms with Crippen molar-refractivity contribution in [3.63, 3.8) is 0 Å². The van der Waals surface area contributed by atoms with Gasteiger partial charge >= 0.3 is 13.8 Å². The Bertz CT molecular complexity index is 1370. The molecule has 0 bridgehead atoms. The third-order valence-corrected chi connectivity index (χ3v) is 16.4. The maximum Gasteiger partial charge on any atom is 0.472 e.